The summed E-state index contributed by atoms with van der Waals surface area (Å²) in [5, 5.41) is 1.12. The fourth-order valence-electron chi connectivity index (χ4n) is 1.62. The van der Waals surface area contributed by atoms with E-state index in [1.165, 1.54) is 11.6 Å². The number of aryl methyl sites for hydroxylation is 1. The van der Waals surface area contributed by atoms with Gasteiger partial charge in [0, 0.05) is 17.1 Å². The molecule has 0 fully saturated rings. The van der Waals surface area contributed by atoms with Crippen LogP contribution in [0.3, 0.4) is 0 Å². The highest BCUT2D eigenvalue weighted by atomic mass is 35.5. The largest absolute Gasteiger partial charge is 0.361 e. The monoisotopic (exact) mass is 233 g/mol. The number of hydrogen-bond donors (Lipinski definition) is 1. The van der Waals surface area contributed by atoms with Crippen molar-refractivity contribution < 1.29 is 4.79 Å². The number of aromatic nitrogens is 1. The highest BCUT2D eigenvalue weighted by Crippen LogP contribution is 2.20. The Morgan fingerprint density at radius 2 is 2.31 bits per heavy atom. The molecule has 0 spiro atoms. The number of fused-ring (bicyclic) bond motifs is 1. The average molecular weight is 234 g/mol. The molecule has 2 rings (SSSR count). The molecule has 82 valence electrons. The van der Waals surface area contributed by atoms with Gasteiger partial charge >= 0.3 is 0 Å². The predicted molar refractivity (Wildman–Crippen MR) is 67.8 cm³/mol. The fourth-order valence-corrected chi connectivity index (χ4v) is 1.71. The summed E-state index contributed by atoms with van der Waals surface area (Å²) < 4.78 is 0. The van der Waals surface area contributed by atoms with Crippen LogP contribution in [-0.4, -0.2) is 16.6 Å². The second-order valence-corrected chi connectivity index (χ2v) is 3.99. The number of aromatic amines is 1. The molecule has 0 unspecified atom stereocenters. The predicted octanol–water partition coefficient (Wildman–Crippen LogP) is 3.30. The molecule has 0 aliphatic heterocycles. The number of benzene rings is 1. The number of ketones is 1. The van der Waals surface area contributed by atoms with Crippen LogP contribution in [0.1, 0.15) is 11.1 Å². The summed E-state index contributed by atoms with van der Waals surface area (Å²) in [6.07, 6.45) is 5.20. The lowest BCUT2D eigenvalue weighted by Crippen LogP contribution is -1.91. The maximum absolute atomic E-state index is 11.1. The molecule has 16 heavy (non-hydrogen) atoms. The molecule has 0 aliphatic carbocycles. The topological polar surface area (TPSA) is 32.9 Å². The minimum Gasteiger partial charge on any atom is -0.361 e. The van der Waals surface area contributed by atoms with Crippen LogP contribution in [0.25, 0.3) is 17.0 Å². The molecule has 1 aromatic heterocycles. The minimum absolute atomic E-state index is 0.0257. The third-order valence-corrected chi connectivity index (χ3v) is 2.71. The van der Waals surface area contributed by atoms with Gasteiger partial charge in [0.15, 0.2) is 5.78 Å². The van der Waals surface area contributed by atoms with Gasteiger partial charge in [-0.15, -0.1) is 11.6 Å². The van der Waals surface area contributed by atoms with E-state index in [0.717, 1.165) is 16.5 Å². The highest BCUT2D eigenvalue weighted by Gasteiger charge is 2.01. The van der Waals surface area contributed by atoms with Gasteiger partial charge < -0.3 is 4.98 Å². The molecule has 0 saturated carbocycles. The summed E-state index contributed by atoms with van der Waals surface area (Å²) in [5.41, 5.74) is 3.28. The number of carbonyl (C=O) groups is 1. The smallest absolute Gasteiger partial charge is 0.170 e. The molecule has 0 radical (unpaired) electrons. The van der Waals surface area contributed by atoms with E-state index in [0.29, 0.717) is 0 Å². The summed E-state index contributed by atoms with van der Waals surface area (Å²) in [5.74, 6) is -0.0543. The molecule has 0 saturated heterocycles. The zero-order valence-electron chi connectivity index (χ0n) is 8.96. The molecule has 1 heterocycles. The van der Waals surface area contributed by atoms with Crippen molar-refractivity contribution in [1.29, 1.82) is 0 Å². The Kier molecular flexibility index (Phi) is 3.11. The average Bonchev–Trinajstić information content (AvgIpc) is 2.68. The van der Waals surface area contributed by atoms with Crippen molar-refractivity contribution >= 4 is 34.4 Å². The molecule has 1 N–H and O–H groups in total. The summed E-state index contributed by atoms with van der Waals surface area (Å²) in [7, 11) is 0. The van der Waals surface area contributed by atoms with Crippen molar-refractivity contribution in [2.75, 3.05) is 5.88 Å². The van der Waals surface area contributed by atoms with E-state index in [2.05, 4.69) is 17.1 Å². The van der Waals surface area contributed by atoms with E-state index >= 15 is 0 Å². The van der Waals surface area contributed by atoms with Crippen molar-refractivity contribution in [2.45, 2.75) is 6.92 Å². The van der Waals surface area contributed by atoms with Gasteiger partial charge in [-0.1, -0.05) is 11.6 Å². The third-order valence-electron chi connectivity index (χ3n) is 2.45. The number of nitrogens with one attached hydrogen (secondary N) is 1. The van der Waals surface area contributed by atoms with E-state index in [9.17, 15) is 4.79 Å². The van der Waals surface area contributed by atoms with Crippen LogP contribution in [0.15, 0.2) is 30.5 Å². The minimum atomic E-state index is -0.0799. The first-order chi connectivity index (χ1) is 7.70. The van der Waals surface area contributed by atoms with Crippen LogP contribution >= 0.6 is 11.6 Å². The summed E-state index contributed by atoms with van der Waals surface area (Å²) in [6, 6.07) is 6.18. The zero-order valence-corrected chi connectivity index (χ0v) is 9.71. The number of alkyl halides is 1. The van der Waals surface area contributed by atoms with Crippen LogP contribution in [-0.2, 0) is 4.79 Å². The van der Waals surface area contributed by atoms with Gasteiger partial charge in [0.25, 0.3) is 0 Å². The van der Waals surface area contributed by atoms with E-state index in [4.69, 9.17) is 11.6 Å². The second kappa shape index (κ2) is 4.54. The van der Waals surface area contributed by atoms with Crippen molar-refractivity contribution in [1.82, 2.24) is 4.98 Å². The van der Waals surface area contributed by atoms with Crippen LogP contribution < -0.4 is 0 Å². The van der Waals surface area contributed by atoms with Gasteiger partial charge in [-0.25, -0.2) is 0 Å². The van der Waals surface area contributed by atoms with Gasteiger partial charge in [-0.05, 0) is 36.8 Å². The van der Waals surface area contributed by atoms with Crippen LogP contribution in [0.4, 0.5) is 0 Å². The van der Waals surface area contributed by atoms with Crippen LogP contribution in [0, 0.1) is 6.92 Å². The lowest BCUT2D eigenvalue weighted by atomic mass is 10.1. The van der Waals surface area contributed by atoms with E-state index in [-0.39, 0.29) is 11.7 Å². The molecule has 2 nitrogen and oxygen atoms in total. The Morgan fingerprint density at radius 3 is 3.06 bits per heavy atom. The maximum Gasteiger partial charge on any atom is 0.170 e. The first kappa shape index (κ1) is 11.0. The first-order valence-corrected chi connectivity index (χ1v) is 5.59. The molecule has 2 aromatic rings. The van der Waals surface area contributed by atoms with E-state index in [1.807, 2.05) is 19.2 Å². The molecular formula is C13H12ClNO. The fraction of sp³-hybridized carbons (Fsp3) is 0.154. The van der Waals surface area contributed by atoms with Crippen molar-refractivity contribution in [3.63, 3.8) is 0 Å². The molecule has 0 aliphatic rings. The van der Waals surface area contributed by atoms with Gasteiger partial charge in [-0.3, -0.25) is 4.79 Å². The molecule has 3 heteroatoms. The SMILES string of the molecule is Cc1ccc2[nH]cc(C=CC(=O)CCl)c2c1. The Labute approximate surface area is 98.9 Å². The number of H-pyrrole nitrogens is 1. The lowest BCUT2D eigenvalue weighted by Gasteiger charge is -1.94. The van der Waals surface area contributed by atoms with Gasteiger partial charge in [-0.2, -0.15) is 0 Å². The van der Waals surface area contributed by atoms with Gasteiger partial charge in [0.05, 0.1) is 5.88 Å². The Balaban J connectivity index is 2.41. The van der Waals surface area contributed by atoms with E-state index in [1.54, 1.807) is 6.08 Å². The Bertz CT molecular complexity index is 554. The number of halogens is 1. The number of rotatable bonds is 3. The number of carbonyl (C=O) groups excluding carboxylic acids is 1. The molecule has 1 aromatic carbocycles. The van der Waals surface area contributed by atoms with Crippen molar-refractivity contribution in [2.24, 2.45) is 0 Å². The van der Waals surface area contributed by atoms with Crippen molar-refractivity contribution in [3.8, 4) is 0 Å². The number of hydrogen-bond acceptors (Lipinski definition) is 1. The lowest BCUT2D eigenvalue weighted by molar-refractivity contribution is -0.112. The standard InChI is InChI=1S/C13H12ClNO/c1-9-2-5-13-12(6-9)10(8-15-13)3-4-11(16)7-14/h2-6,8,15H,7H2,1H3. The number of allylic oxidation sites excluding steroid dienone is 1. The van der Waals surface area contributed by atoms with Gasteiger partial charge in [0.1, 0.15) is 0 Å². The molecule has 0 bridgehead atoms. The molecule has 0 atom stereocenters. The second-order valence-electron chi connectivity index (χ2n) is 3.73. The molecular weight excluding hydrogens is 222 g/mol. The quantitative estimate of drug-likeness (QED) is 0.640. The summed E-state index contributed by atoms with van der Waals surface area (Å²) in [4.78, 5) is 14.2. The van der Waals surface area contributed by atoms with Crippen molar-refractivity contribution in [3.05, 3.63) is 41.6 Å². The van der Waals surface area contributed by atoms with Crippen LogP contribution in [0.2, 0.25) is 0 Å². The summed E-state index contributed by atoms with van der Waals surface area (Å²) in [6.45, 7) is 2.05. The Hall–Kier alpha value is -1.54. The zero-order chi connectivity index (χ0) is 11.5. The van der Waals surface area contributed by atoms with Gasteiger partial charge in [0.2, 0.25) is 0 Å². The summed E-state index contributed by atoms with van der Waals surface area (Å²) >= 11 is 5.43. The highest BCUT2D eigenvalue weighted by molar-refractivity contribution is 6.29. The Morgan fingerprint density at radius 1 is 1.50 bits per heavy atom. The maximum atomic E-state index is 11.1. The van der Waals surface area contributed by atoms with E-state index < -0.39 is 0 Å². The normalized spacial score (nSPS) is 11.4. The van der Waals surface area contributed by atoms with Crippen LogP contribution in [0.5, 0.6) is 0 Å². The first-order valence-electron chi connectivity index (χ1n) is 5.05. The third kappa shape index (κ3) is 2.17. The molecule has 0 amide bonds.